The summed E-state index contributed by atoms with van der Waals surface area (Å²) < 4.78 is 5.78. The molecule has 0 radical (unpaired) electrons. The van der Waals surface area contributed by atoms with Crippen molar-refractivity contribution in [3.63, 3.8) is 0 Å². The van der Waals surface area contributed by atoms with Gasteiger partial charge in [0.25, 0.3) is 0 Å². The van der Waals surface area contributed by atoms with Crippen LogP contribution in [-0.4, -0.2) is 18.4 Å². The number of aryl methyl sites for hydroxylation is 3. The fraction of sp³-hybridized carbons (Fsp3) is 0.333. The van der Waals surface area contributed by atoms with Gasteiger partial charge in [-0.3, -0.25) is 9.59 Å². The van der Waals surface area contributed by atoms with Crippen molar-refractivity contribution in [2.75, 3.05) is 17.2 Å². The first kappa shape index (κ1) is 19.5. The van der Waals surface area contributed by atoms with Gasteiger partial charge in [-0.15, -0.1) is 0 Å². The lowest BCUT2D eigenvalue weighted by atomic mass is 10.1. The van der Waals surface area contributed by atoms with Crippen molar-refractivity contribution in [2.24, 2.45) is 0 Å². The number of carbonyl (C=O) groups excluding carboxylic acids is 2. The maximum Gasteiger partial charge on any atom is 0.227 e. The van der Waals surface area contributed by atoms with Gasteiger partial charge in [-0.05, 0) is 49.6 Å². The summed E-state index contributed by atoms with van der Waals surface area (Å²) in [6.07, 6.45) is 0.657. The Morgan fingerprint density at radius 2 is 1.62 bits per heavy atom. The average molecular weight is 354 g/mol. The van der Waals surface area contributed by atoms with Crippen molar-refractivity contribution < 1.29 is 14.3 Å². The smallest absolute Gasteiger partial charge is 0.227 e. The van der Waals surface area contributed by atoms with E-state index in [1.807, 2.05) is 51.1 Å². The van der Waals surface area contributed by atoms with Gasteiger partial charge in [-0.1, -0.05) is 31.2 Å². The molecular formula is C21H26N2O3. The van der Waals surface area contributed by atoms with E-state index in [4.69, 9.17) is 4.74 Å². The zero-order valence-electron chi connectivity index (χ0n) is 15.8. The minimum absolute atomic E-state index is 0.0619. The van der Waals surface area contributed by atoms with E-state index in [1.54, 1.807) is 13.0 Å². The predicted octanol–water partition coefficient (Wildman–Crippen LogP) is 4.37. The number of hydrogen-bond donors (Lipinski definition) is 2. The Hall–Kier alpha value is -2.82. The molecule has 0 unspecified atom stereocenters. The molecule has 0 saturated heterocycles. The van der Waals surface area contributed by atoms with Gasteiger partial charge < -0.3 is 15.4 Å². The molecule has 2 N–H and O–H groups in total. The summed E-state index contributed by atoms with van der Waals surface area (Å²) in [5.74, 6) is 0.646. The van der Waals surface area contributed by atoms with Gasteiger partial charge >= 0.3 is 0 Å². The Labute approximate surface area is 154 Å². The molecule has 0 fully saturated rings. The molecule has 2 amide bonds. The SMILES string of the molecule is CCC(=O)Nc1ccc(C)c(NC(=O)CCOc2c(C)cccc2C)c1. The number of nitrogens with one attached hydrogen (secondary N) is 2. The Kier molecular flexibility index (Phi) is 6.78. The summed E-state index contributed by atoms with van der Waals surface area (Å²) in [6, 6.07) is 11.4. The lowest BCUT2D eigenvalue weighted by Gasteiger charge is -2.13. The van der Waals surface area contributed by atoms with Crippen molar-refractivity contribution in [1.29, 1.82) is 0 Å². The van der Waals surface area contributed by atoms with Crippen LogP contribution in [0.5, 0.6) is 5.75 Å². The third kappa shape index (κ3) is 5.34. The quantitative estimate of drug-likeness (QED) is 0.776. The summed E-state index contributed by atoms with van der Waals surface area (Å²) in [6.45, 7) is 7.99. The third-order valence-corrected chi connectivity index (χ3v) is 4.10. The zero-order chi connectivity index (χ0) is 19.1. The van der Waals surface area contributed by atoms with Crippen LogP contribution in [0.15, 0.2) is 36.4 Å². The molecule has 0 heterocycles. The molecule has 26 heavy (non-hydrogen) atoms. The van der Waals surface area contributed by atoms with Gasteiger partial charge in [0.15, 0.2) is 0 Å². The molecule has 0 bridgehead atoms. The van der Waals surface area contributed by atoms with Crippen molar-refractivity contribution in [3.8, 4) is 5.75 Å². The third-order valence-electron chi connectivity index (χ3n) is 4.10. The minimum Gasteiger partial charge on any atom is -0.493 e. The van der Waals surface area contributed by atoms with Gasteiger partial charge in [0.2, 0.25) is 11.8 Å². The van der Waals surface area contributed by atoms with E-state index >= 15 is 0 Å². The maximum absolute atomic E-state index is 12.2. The van der Waals surface area contributed by atoms with Crippen LogP contribution >= 0.6 is 0 Å². The van der Waals surface area contributed by atoms with Crippen LogP contribution in [0.4, 0.5) is 11.4 Å². The lowest BCUT2D eigenvalue weighted by Crippen LogP contribution is -2.17. The number of hydrogen-bond acceptors (Lipinski definition) is 3. The van der Waals surface area contributed by atoms with Gasteiger partial charge in [0.1, 0.15) is 5.75 Å². The van der Waals surface area contributed by atoms with Gasteiger partial charge in [-0.25, -0.2) is 0 Å². The standard InChI is InChI=1S/C21H26N2O3/c1-5-19(24)22-17-10-9-14(2)18(13-17)23-20(25)11-12-26-21-15(3)7-6-8-16(21)4/h6-10,13H,5,11-12H2,1-4H3,(H,22,24)(H,23,25). The second kappa shape index (κ2) is 9.04. The molecule has 0 aliphatic heterocycles. The summed E-state index contributed by atoms with van der Waals surface area (Å²) in [5.41, 5.74) is 4.41. The van der Waals surface area contributed by atoms with E-state index < -0.39 is 0 Å². The van der Waals surface area contributed by atoms with Crippen LogP contribution in [0, 0.1) is 20.8 Å². The van der Waals surface area contributed by atoms with Crippen LogP contribution in [0.3, 0.4) is 0 Å². The zero-order valence-corrected chi connectivity index (χ0v) is 15.8. The van der Waals surface area contributed by atoms with Gasteiger partial charge in [-0.2, -0.15) is 0 Å². The summed E-state index contributed by atoms with van der Waals surface area (Å²) in [7, 11) is 0. The maximum atomic E-state index is 12.2. The Morgan fingerprint density at radius 1 is 0.923 bits per heavy atom. The van der Waals surface area contributed by atoms with Crippen molar-refractivity contribution in [3.05, 3.63) is 53.1 Å². The number of benzene rings is 2. The first-order valence-electron chi connectivity index (χ1n) is 8.80. The Bertz CT molecular complexity index is 780. The molecule has 2 rings (SSSR count). The molecule has 0 aliphatic rings. The molecule has 2 aromatic carbocycles. The van der Waals surface area contributed by atoms with Gasteiger partial charge in [0, 0.05) is 17.8 Å². The van der Waals surface area contributed by atoms with E-state index in [9.17, 15) is 9.59 Å². The number of para-hydroxylation sites is 1. The van der Waals surface area contributed by atoms with Crippen LogP contribution in [-0.2, 0) is 9.59 Å². The lowest BCUT2D eigenvalue weighted by molar-refractivity contribution is -0.117. The van der Waals surface area contributed by atoms with Crippen LogP contribution < -0.4 is 15.4 Å². The van der Waals surface area contributed by atoms with Crippen molar-refractivity contribution in [2.45, 2.75) is 40.5 Å². The Balaban J connectivity index is 1.93. The Morgan fingerprint density at radius 3 is 2.27 bits per heavy atom. The van der Waals surface area contributed by atoms with E-state index in [2.05, 4.69) is 10.6 Å². The summed E-state index contributed by atoms with van der Waals surface area (Å²) >= 11 is 0. The van der Waals surface area contributed by atoms with E-state index in [1.165, 1.54) is 0 Å². The average Bonchev–Trinajstić information content (AvgIpc) is 2.60. The monoisotopic (exact) mass is 354 g/mol. The molecule has 0 atom stereocenters. The fourth-order valence-corrected chi connectivity index (χ4v) is 2.57. The molecule has 0 saturated carbocycles. The van der Waals surface area contributed by atoms with Crippen molar-refractivity contribution >= 4 is 23.2 Å². The number of amides is 2. The minimum atomic E-state index is -0.127. The van der Waals surface area contributed by atoms with Crippen LogP contribution in [0.25, 0.3) is 0 Å². The normalized spacial score (nSPS) is 10.3. The highest BCUT2D eigenvalue weighted by Gasteiger charge is 2.09. The molecule has 5 heteroatoms. The molecule has 5 nitrogen and oxygen atoms in total. The second-order valence-electron chi connectivity index (χ2n) is 6.30. The van der Waals surface area contributed by atoms with Crippen LogP contribution in [0.1, 0.15) is 36.5 Å². The summed E-state index contributed by atoms with van der Waals surface area (Å²) in [4.78, 5) is 23.8. The highest BCUT2D eigenvalue weighted by Crippen LogP contribution is 2.23. The van der Waals surface area contributed by atoms with Gasteiger partial charge in [0.05, 0.1) is 13.0 Å². The second-order valence-corrected chi connectivity index (χ2v) is 6.30. The van der Waals surface area contributed by atoms with E-state index in [0.29, 0.717) is 24.4 Å². The van der Waals surface area contributed by atoms with Crippen molar-refractivity contribution in [1.82, 2.24) is 0 Å². The fourth-order valence-electron chi connectivity index (χ4n) is 2.57. The van der Waals surface area contributed by atoms with E-state index in [-0.39, 0.29) is 18.2 Å². The number of anilines is 2. The highest BCUT2D eigenvalue weighted by molar-refractivity contribution is 5.94. The van der Waals surface area contributed by atoms with E-state index in [0.717, 1.165) is 22.4 Å². The number of ether oxygens (including phenoxy) is 1. The molecule has 0 aliphatic carbocycles. The highest BCUT2D eigenvalue weighted by atomic mass is 16.5. The largest absolute Gasteiger partial charge is 0.493 e. The molecule has 0 spiro atoms. The first-order chi connectivity index (χ1) is 12.4. The topological polar surface area (TPSA) is 67.4 Å². The summed E-state index contributed by atoms with van der Waals surface area (Å²) in [5, 5.41) is 5.68. The molecule has 2 aromatic rings. The molecular weight excluding hydrogens is 328 g/mol. The predicted molar refractivity (Wildman–Crippen MR) is 105 cm³/mol. The molecule has 0 aromatic heterocycles. The van der Waals surface area contributed by atoms with Crippen LogP contribution in [0.2, 0.25) is 0 Å². The number of rotatable bonds is 7. The number of carbonyl (C=O) groups is 2. The first-order valence-corrected chi connectivity index (χ1v) is 8.80. The molecule has 138 valence electrons.